The van der Waals surface area contributed by atoms with Gasteiger partial charge in [0.25, 0.3) is 0 Å². The molecule has 0 spiro atoms. The Balaban J connectivity index is 1.92. The van der Waals surface area contributed by atoms with Gasteiger partial charge in [-0.1, -0.05) is 24.3 Å². The fourth-order valence-corrected chi connectivity index (χ4v) is 2.81. The smallest absolute Gasteiger partial charge is 0.416 e. The minimum atomic E-state index is -4.41. The molecule has 4 nitrogen and oxygen atoms in total. The molecule has 0 aliphatic rings. The van der Waals surface area contributed by atoms with E-state index in [0.717, 1.165) is 22.9 Å². The second-order valence-electron chi connectivity index (χ2n) is 5.52. The van der Waals surface area contributed by atoms with E-state index in [-0.39, 0.29) is 5.52 Å². The second-order valence-corrected chi connectivity index (χ2v) is 5.52. The Morgan fingerprint density at radius 2 is 1.60 bits per heavy atom. The SMILES string of the molecule is COc1ccc(-n2nc3ccc(C(F)(F)F)cc3n2)c2ccccc12. The largest absolute Gasteiger partial charge is 0.496 e. The number of methoxy groups -OCH3 is 1. The van der Waals surface area contributed by atoms with Gasteiger partial charge in [-0.15, -0.1) is 15.0 Å². The minimum Gasteiger partial charge on any atom is -0.496 e. The fourth-order valence-electron chi connectivity index (χ4n) is 2.81. The van der Waals surface area contributed by atoms with Gasteiger partial charge in [-0.2, -0.15) is 13.2 Å². The average Bonchev–Trinajstić information content (AvgIpc) is 3.03. The highest BCUT2D eigenvalue weighted by Crippen LogP contribution is 2.32. The number of aromatic nitrogens is 3. The summed E-state index contributed by atoms with van der Waals surface area (Å²) in [6.45, 7) is 0. The molecule has 4 aromatic rings. The molecule has 0 aliphatic carbocycles. The molecule has 0 fully saturated rings. The van der Waals surface area contributed by atoms with Gasteiger partial charge in [-0.05, 0) is 30.3 Å². The molecule has 0 amide bonds. The van der Waals surface area contributed by atoms with E-state index < -0.39 is 11.7 Å². The number of alkyl halides is 3. The number of benzene rings is 3. The van der Waals surface area contributed by atoms with Crippen molar-refractivity contribution in [2.75, 3.05) is 7.11 Å². The third kappa shape index (κ3) is 2.57. The third-order valence-corrected chi connectivity index (χ3v) is 4.00. The van der Waals surface area contributed by atoms with Crippen molar-refractivity contribution in [1.29, 1.82) is 0 Å². The molecule has 7 heteroatoms. The molecule has 25 heavy (non-hydrogen) atoms. The van der Waals surface area contributed by atoms with Crippen LogP contribution in [0.5, 0.6) is 5.75 Å². The van der Waals surface area contributed by atoms with Crippen molar-refractivity contribution >= 4 is 21.8 Å². The molecule has 1 aromatic heterocycles. The van der Waals surface area contributed by atoms with Crippen molar-refractivity contribution in [3.63, 3.8) is 0 Å². The lowest BCUT2D eigenvalue weighted by Gasteiger charge is -2.09. The summed E-state index contributed by atoms with van der Waals surface area (Å²) in [6, 6.07) is 14.5. The van der Waals surface area contributed by atoms with Gasteiger partial charge in [0.1, 0.15) is 16.8 Å². The lowest BCUT2D eigenvalue weighted by atomic mass is 10.1. The van der Waals surface area contributed by atoms with Crippen LogP contribution in [0.4, 0.5) is 13.2 Å². The number of halogens is 3. The van der Waals surface area contributed by atoms with E-state index in [9.17, 15) is 13.2 Å². The van der Waals surface area contributed by atoms with Gasteiger partial charge in [0, 0.05) is 10.8 Å². The molecule has 0 atom stereocenters. The Kier molecular flexibility index (Phi) is 3.38. The molecular weight excluding hydrogens is 331 g/mol. The van der Waals surface area contributed by atoms with Crippen LogP contribution in [-0.2, 0) is 6.18 Å². The second kappa shape index (κ2) is 5.47. The van der Waals surface area contributed by atoms with Gasteiger partial charge in [0.2, 0.25) is 0 Å². The lowest BCUT2D eigenvalue weighted by molar-refractivity contribution is -0.137. The Hall–Kier alpha value is -3.09. The summed E-state index contributed by atoms with van der Waals surface area (Å²) in [6.07, 6.45) is -4.41. The number of ether oxygens (including phenoxy) is 1. The molecule has 126 valence electrons. The summed E-state index contributed by atoms with van der Waals surface area (Å²) in [5.41, 5.74) is 0.510. The zero-order valence-corrected chi connectivity index (χ0v) is 13.1. The van der Waals surface area contributed by atoms with Crippen LogP contribution < -0.4 is 4.74 Å². The van der Waals surface area contributed by atoms with Gasteiger partial charge in [0.15, 0.2) is 0 Å². The molecule has 3 aromatic carbocycles. The van der Waals surface area contributed by atoms with Crippen molar-refractivity contribution in [3.8, 4) is 11.4 Å². The van der Waals surface area contributed by atoms with Crippen LogP contribution in [0.3, 0.4) is 0 Å². The monoisotopic (exact) mass is 343 g/mol. The highest BCUT2D eigenvalue weighted by Gasteiger charge is 2.31. The fraction of sp³-hybridized carbons (Fsp3) is 0.111. The molecule has 4 rings (SSSR count). The molecular formula is C18H12F3N3O. The summed E-state index contributed by atoms with van der Waals surface area (Å²) in [5, 5.41) is 10.3. The quantitative estimate of drug-likeness (QED) is 0.534. The highest BCUT2D eigenvalue weighted by atomic mass is 19.4. The maximum atomic E-state index is 12.9. The zero-order chi connectivity index (χ0) is 17.6. The maximum absolute atomic E-state index is 12.9. The summed E-state index contributed by atoms with van der Waals surface area (Å²) in [5.74, 6) is 0.704. The van der Waals surface area contributed by atoms with Crippen molar-refractivity contribution in [2.45, 2.75) is 6.18 Å². The molecule has 1 heterocycles. The van der Waals surface area contributed by atoms with Gasteiger partial charge >= 0.3 is 6.18 Å². The molecule has 0 N–H and O–H groups in total. The summed E-state index contributed by atoms with van der Waals surface area (Å²) >= 11 is 0. The number of fused-ring (bicyclic) bond motifs is 2. The Morgan fingerprint density at radius 1 is 0.880 bits per heavy atom. The molecule has 0 saturated heterocycles. The summed E-state index contributed by atoms with van der Waals surface area (Å²) in [7, 11) is 1.58. The van der Waals surface area contributed by atoms with Gasteiger partial charge in [0.05, 0.1) is 18.4 Å². The van der Waals surface area contributed by atoms with E-state index in [0.29, 0.717) is 17.0 Å². The lowest BCUT2D eigenvalue weighted by Crippen LogP contribution is -2.04. The van der Waals surface area contributed by atoms with Gasteiger partial charge in [-0.3, -0.25) is 0 Å². The number of rotatable bonds is 2. The van der Waals surface area contributed by atoms with Crippen LogP contribution in [0.1, 0.15) is 5.56 Å². The maximum Gasteiger partial charge on any atom is 0.416 e. The Morgan fingerprint density at radius 3 is 2.32 bits per heavy atom. The zero-order valence-electron chi connectivity index (χ0n) is 13.1. The molecule has 0 unspecified atom stereocenters. The van der Waals surface area contributed by atoms with Crippen LogP contribution in [0.25, 0.3) is 27.5 Å². The Bertz CT molecular complexity index is 1090. The van der Waals surface area contributed by atoms with Crippen molar-refractivity contribution in [3.05, 3.63) is 60.2 Å². The topological polar surface area (TPSA) is 39.9 Å². The minimum absolute atomic E-state index is 0.190. The summed E-state index contributed by atoms with van der Waals surface area (Å²) < 4.78 is 44.0. The predicted octanol–water partition coefficient (Wildman–Crippen LogP) is 4.60. The third-order valence-electron chi connectivity index (χ3n) is 4.00. The van der Waals surface area contributed by atoms with Crippen LogP contribution in [-0.4, -0.2) is 22.1 Å². The standard InChI is InChI=1S/C18H12F3N3O/c1-25-17-9-8-16(12-4-2-3-5-13(12)17)24-22-14-7-6-11(18(19,20)21)10-15(14)23-24/h2-10H,1H3. The van der Waals surface area contributed by atoms with Crippen molar-refractivity contribution < 1.29 is 17.9 Å². The number of nitrogens with zero attached hydrogens (tertiary/aromatic N) is 3. The predicted molar refractivity (Wildman–Crippen MR) is 87.9 cm³/mol. The van der Waals surface area contributed by atoms with Gasteiger partial charge in [-0.25, -0.2) is 0 Å². The van der Waals surface area contributed by atoms with Crippen LogP contribution >= 0.6 is 0 Å². The van der Waals surface area contributed by atoms with Crippen molar-refractivity contribution in [2.24, 2.45) is 0 Å². The molecule has 0 bridgehead atoms. The first-order chi connectivity index (χ1) is 12.0. The van der Waals surface area contributed by atoms with Crippen LogP contribution in [0, 0.1) is 0 Å². The Labute approximate surface area is 140 Å². The number of hydrogen-bond donors (Lipinski definition) is 0. The highest BCUT2D eigenvalue weighted by molar-refractivity contribution is 5.94. The number of hydrogen-bond acceptors (Lipinski definition) is 3. The van der Waals surface area contributed by atoms with E-state index in [1.807, 2.05) is 24.3 Å². The molecule has 0 saturated carbocycles. The van der Waals surface area contributed by atoms with Crippen LogP contribution in [0.2, 0.25) is 0 Å². The van der Waals surface area contributed by atoms with E-state index in [4.69, 9.17) is 4.74 Å². The van der Waals surface area contributed by atoms with E-state index in [2.05, 4.69) is 10.2 Å². The van der Waals surface area contributed by atoms with E-state index in [1.54, 1.807) is 19.2 Å². The average molecular weight is 343 g/mol. The first-order valence-corrected chi connectivity index (χ1v) is 7.48. The molecule has 0 aliphatic heterocycles. The normalized spacial score (nSPS) is 12.0. The molecule has 0 radical (unpaired) electrons. The van der Waals surface area contributed by atoms with Gasteiger partial charge < -0.3 is 4.74 Å². The van der Waals surface area contributed by atoms with E-state index in [1.165, 1.54) is 10.9 Å². The van der Waals surface area contributed by atoms with E-state index >= 15 is 0 Å². The first kappa shape index (κ1) is 15.4. The van der Waals surface area contributed by atoms with Crippen molar-refractivity contribution in [1.82, 2.24) is 15.0 Å². The van der Waals surface area contributed by atoms with Crippen LogP contribution in [0.15, 0.2) is 54.6 Å². The first-order valence-electron chi connectivity index (χ1n) is 7.48. The summed E-state index contributed by atoms with van der Waals surface area (Å²) in [4.78, 5) is 1.35.